The zero-order valence-corrected chi connectivity index (χ0v) is 12.3. The summed E-state index contributed by atoms with van der Waals surface area (Å²) in [4.78, 5) is 27.9. The van der Waals surface area contributed by atoms with E-state index < -0.39 is 5.91 Å². The first-order chi connectivity index (χ1) is 11.2. The highest BCUT2D eigenvalue weighted by molar-refractivity contribution is 6.05. The Morgan fingerprint density at radius 3 is 2.57 bits per heavy atom. The average molecular weight is 307 g/mol. The van der Waals surface area contributed by atoms with Gasteiger partial charge in [0.15, 0.2) is 5.69 Å². The summed E-state index contributed by atoms with van der Waals surface area (Å²) in [6.45, 7) is 1.77. The predicted octanol–water partition coefficient (Wildman–Crippen LogP) is 1.47. The number of nitrogens with zero attached hydrogens (tertiary/aromatic N) is 3. The van der Waals surface area contributed by atoms with Crippen LogP contribution in [0.25, 0.3) is 10.8 Å². The zero-order valence-electron chi connectivity index (χ0n) is 12.3. The summed E-state index contributed by atoms with van der Waals surface area (Å²) >= 11 is 0. The summed E-state index contributed by atoms with van der Waals surface area (Å²) in [6.07, 6.45) is 3.29. The maximum atomic E-state index is 12.3. The summed E-state index contributed by atoms with van der Waals surface area (Å²) in [5, 5.41) is 11.1. The monoisotopic (exact) mass is 307 g/mol. The van der Waals surface area contributed by atoms with Crippen LogP contribution in [-0.4, -0.2) is 26.8 Å². The maximum absolute atomic E-state index is 12.3. The Labute approximate surface area is 131 Å². The van der Waals surface area contributed by atoms with E-state index in [-0.39, 0.29) is 11.3 Å². The highest BCUT2D eigenvalue weighted by Crippen LogP contribution is 2.12. The van der Waals surface area contributed by atoms with Gasteiger partial charge in [-0.1, -0.05) is 18.2 Å². The first kappa shape index (κ1) is 14.6. The number of fused-ring (bicyclic) bond motifs is 1. The highest BCUT2D eigenvalue weighted by Gasteiger charge is 2.13. The summed E-state index contributed by atoms with van der Waals surface area (Å²) in [5.74, 6) is -0.495. The molecule has 0 unspecified atom stereocenters. The Morgan fingerprint density at radius 1 is 1.13 bits per heavy atom. The van der Waals surface area contributed by atoms with Crippen molar-refractivity contribution in [2.24, 2.45) is 5.10 Å². The number of benzene rings is 1. The van der Waals surface area contributed by atoms with Crippen LogP contribution in [0.1, 0.15) is 23.0 Å². The third kappa shape index (κ3) is 2.98. The summed E-state index contributed by atoms with van der Waals surface area (Å²) < 4.78 is 0. The minimum absolute atomic E-state index is 0.117. The second-order valence-corrected chi connectivity index (χ2v) is 4.82. The lowest BCUT2D eigenvalue weighted by Crippen LogP contribution is -2.23. The van der Waals surface area contributed by atoms with Crippen LogP contribution in [0.5, 0.6) is 0 Å². The molecule has 2 aromatic heterocycles. The Bertz CT molecular complexity index is 947. The lowest BCUT2D eigenvalue weighted by molar-refractivity contribution is 0.0950. The Balaban J connectivity index is 1.90. The number of hydrogen-bond acceptors (Lipinski definition) is 5. The van der Waals surface area contributed by atoms with E-state index in [1.807, 2.05) is 0 Å². The number of hydrazone groups is 1. The van der Waals surface area contributed by atoms with Crippen LogP contribution >= 0.6 is 0 Å². The normalized spacial score (nSPS) is 11.4. The van der Waals surface area contributed by atoms with Crippen LogP contribution in [0, 0.1) is 0 Å². The van der Waals surface area contributed by atoms with Crippen LogP contribution in [0.2, 0.25) is 0 Å². The van der Waals surface area contributed by atoms with Crippen LogP contribution in [0.3, 0.4) is 0 Å². The van der Waals surface area contributed by atoms with Crippen molar-refractivity contribution < 1.29 is 4.79 Å². The largest absolute Gasteiger partial charge is 0.292 e. The number of amides is 1. The Kier molecular flexibility index (Phi) is 3.92. The molecule has 0 atom stereocenters. The van der Waals surface area contributed by atoms with E-state index in [0.29, 0.717) is 16.5 Å². The fourth-order valence-corrected chi connectivity index (χ4v) is 2.13. The molecule has 7 nitrogen and oxygen atoms in total. The van der Waals surface area contributed by atoms with E-state index in [9.17, 15) is 9.59 Å². The van der Waals surface area contributed by atoms with Crippen molar-refractivity contribution in [2.75, 3.05) is 0 Å². The van der Waals surface area contributed by atoms with Gasteiger partial charge in [-0.3, -0.25) is 14.6 Å². The van der Waals surface area contributed by atoms with Gasteiger partial charge in [0.05, 0.1) is 11.1 Å². The number of carbonyl (C=O) groups is 1. The second kappa shape index (κ2) is 6.18. The van der Waals surface area contributed by atoms with Gasteiger partial charge in [0, 0.05) is 23.3 Å². The van der Waals surface area contributed by atoms with E-state index in [4.69, 9.17) is 0 Å². The first-order valence-electron chi connectivity index (χ1n) is 6.89. The third-order valence-electron chi connectivity index (χ3n) is 3.33. The van der Waals surface area contributed by atoms with Crippen molar-refractivity contribution >= 4 is 22.4 Å². The molecule has 0 spiro atoms. The molecule has 0 fully saturated rings. The number of nitrogens with one attached hydrogen (secondary N) is 2. The molecule has 3 aromatic rings. The van der Waals surface area contributed by atoms with Gasteiger partial charge >= 0.3 is 0 Å². The molecule has 0 saturated carbocycles. The topological polar surface area (TPSA) is 100 Å². The Hall–Kier alpha value is -3.35. The van der Waals surface area contributed by atoms with E-state index in [2.05, 4.69) is 25.7 Å². The molecule has 7 heteroatoms. The SMILES string of the molecule is C/C(=N/NC(=O)c1n[nH]c(=O)c2ccccc12)c1ccncc1. The van der Waals surface area contributed by atoms with Gasteiger partial charge in [0.2, 0.25) is 0 Å². The quantitative estimate of drug-likeness (QED) is 0.565. The van der Waals surface area contributed by atoms with Crippen molar-refractivity contribution in [1.29, 1.82) is 0 Å². The number of aromatic nitrogens is 3. The van der Waals surface area contributed by atoms with Crippen LogP contribution in [-0.2, 0) is 0 Å². The zero-order chi connectivity index (χ0) is 16.2. The molecule has 0 saturated heterocycles. The molecule has 0 aliphatic heterocycles. The van der Waals surface area contributed by atoms with Gasteiger partial charge in [0.1, 0.15) is 0 Å². The predicted molar refractivity (Wildman–Crippen MR) is 86.3 cm³/mol. The number of rotatable bonds is 3. The molecule has 0 bridgehead atoms. The van der Waals surface area contributed by atoms with Crippen molar-refractivity contribution in [3.8, 4) is 0 Å². The molecule has 23 heavy (non-hydrogen) atoms. The lowest BCUT2D eigenvalue weighted by atomic mass is 10.1. The molecular weight excluding hydrogens is 294 g/mol. The van der Waals surface area contributed by atoms with Crippen LogP contribution in [0.15, 0.2) is 58.7 Å². The summed E-state index contributed by atoms with van der Waals surface area (Å²) in [6, 6.07) is 10.4. The maximum Gasteiger partial charge on any atom is 0.292 e. The van der Waals surface area contributed by atoms with Crippen molar-refractivity contribution in [3.63, 3.8) is 0 Å². The summed E-state index contributed by atoms with van der Waals surface area (Å²) in [7, 11) is 0. The second-order valence-electron chi connectivity index (χ2n) is 4.82. The molecule has 0 aliphatic carbocycles. The fourth-order valence-electron chi connectivity index (χ4n) is 2.13. The van der Waals surface area contributed by atoms with Gasteiger partial charge in [0.25, 0.3) is 11.5 Å². The average Bonchev–Trinajstić information content (AvgIpc) is 2.60. The van der Waals surface area contributed by atoms with Gasteiger partial charge < -0.3 is 0 Å². The molecule has 0 aliphatic rings. The van der Waals surface area contributed by atoms with Gasteiger partial charge in [-0.25, -0.2) is 10.5 Å². The van der Waals surface area contributed by atoms with Crippen molar-refractivity contribution in [3.05, 3.63) is 70.4 Å². The number of pyridine rings is 1. The van der Waals surface area contributed by atoms with Crippen LogP contribution < -0.4 is 11.0 Å². The molecule has 1 aromatic carbocycles. The van der Waals surface area contributed by atoms with Crippen molar-refractivity contribution in [1.82, 2.24) is 20.6 Å². The summed E-state index contributed by atoms with van der Waals surface area (Å²) in [5.41, 5.74) is 3.71. The molecule has 0 radical (unpaired) electrons. The standard InChI is InChI=1S/C16H13N5O2/c1-10(11-6-8-17-9-7-11)18-21-16(23)14-12-4-2-3-5-13(12)15(22)20-19-14/h2-9H,1H3,(H,20,22)(H,21,23)/b18-10-. The molecule has 3 rings (SSSR count). The van der Waals surface area contributed by atoms with E-state index in [1.54, 1.807) is 55.7 Å². The minimum atomic E-state index is -0.495. The van der Waals surface area contributed by atoms with E-state index in [0.717, 1.165) is 5.56 Å². The molecule has 1 amide bonds. The number of carbonyl (C=O) groups excluding carboxylic acids is 1. The highest BCUT2D eigenvalue weighted by atomic mass is 16.2. The van der Waals surface area contributed by atoms with E-state index >= 15 is 0 Å². The molecule has 2 N–H and O–H groups in total. The lowest BCUT2D eigenvalue weighted by Gasteiger charge is -2.04. The molecular formula is C16H13N5O2. The smallest absolute Gasteiger partial charge is 0.267 e. The fraction of sp³-hybridized carbons (Fsp3) is 0.0625. The number of H-pyrrole nitrogens is 1. The third-order valence-corrected chi connectivity index (χ3v) is 3.33. The number of aromatic amines is 1. The van der Waals surface area contributed by atoms with Crippen molar-refractivity contribution in [2.45, 2.75) is 6.92 Å². The number of hydrogen-bond donors (Lipinski definition) is 2. The molecule has 2 heterocycles. The first-order valence-corrected chi connectivity index (χ1v) is 6.89. The van der Waals surface area contributed by atoms with Gasteiger partial charge in [-0.15, -0.1) is 0 Å². The van der Waals surface area contributed by atoms with Gasteiger partial charge in [-0.2, -0.15) is 10.2 Å². The minimum Gasteiger partial charge on any atom is -0.267 e. The van der Waals surface area contributed by atoms with Crippen LogP contribution in [0.4, 0.5) is 0 Å². The van der Waals surface area contributed by atoms with Gasteiger partial charge in [-0.05, 0) is 25.1 Å². The van der Waals surface area contributed by atoms with E-state index in [1.165, 1.54) is 0 Å². The molecule has 114 valence electrons. The Morgan fingerprint density at radius 2 is 1.83 bits per heavy atom.